The number of hydrogen-bond donors (Lipinski definition) is 1. The number of aromatic nitrogens is 2. The third kappa shape index (κ3) is 2.56. The predicted molar refractivity (Wildman–Crippen MR) is 109 cm³/mol. The molecule has 3 nitrogen and oxygen atoms in total. The van der Waals surface area contributed by atoms with Crippen molar-refractivity contribution in [3.05, 3.63) is 112 Å². The van der Waals surface area contributed by atoms with Gasteiger partial charge in [-0.25, -0.2) is 4.68 Å². The van der Waals surface area contributed by atoms with Gasteiger partial charge in [-0.3, -0.25) is 9.89 Å². The fraction of sp³-hybridized carbons (Fsp3) is 0.0870. The fourth-order valence-electron chi connectivity index (χ4n) is 3.88. The largest absolute Gasteiger partial charge is 0.295 e. The molecule has 4 heteroatoms. The molecule has 1 aliphatic heterocycles. The molecule has 0 amide bonds. The maximum Gasteiger partial charge on any atom is 0.275 e. The molecule has 0 atom stereocenters. The number of hydrogen-bond acceptors (Lipinski definition) is 2. The van der Waals surface area contributed by atoms with Gasteiger partial charge < -0.3 is 0 Å². The van der Waals surface area contributed by atoms with E-state index in [-0.39, 0.29) is 11.5 Å². The number of aryl methyl sites for hydroxylation is 1. The Morgan fingerprint density at radius 1 is 0.815 bits per heavy atom. The zero-order chi connectivity index (χ0) is 18.4. The number of fused-ring (bicyclic) bond motifs is 2. The smallest absolute Gasteiger partial charge is 0.275 e. The van der Waals surface area contributed by atoms with Crippen LogP contribution in [0.2, 0.25) is 0 Å². The van der Waals surface area contributed by atoms with Crippen LogP contribution >= 0.6 is 11.8 Å². The van der Waals surface area contributed by atoms with Crippen molar-refractivity contribution in [1.82, 2.24) is 9.78 Å². The predicted octanol–water partition coefficient (Wildman–Crippen LogP) is 5.12. The van der Waals surface area contributed by atoms with Gasteiger partial charge in [0.15, 0.2) is 0 Å². The molecule has 0 unspecified atom stereocenters. The number of aromatic amines is 1. The first-order valence-corrected chi connectivity index (χ1v) is 9.78. The molecule has 0 saturated carbocycles. The van der Waals surface area contributed by atoms with E-state index in [1.54, 1.807) is 16.4 Å². The molecule has 0 saturated heterocycles. The topological polar surface area (TPSA) is 37.8 Å². The summed E-state index contributed by atoms with van der Waals surface area (Å²) in [4.78, 5) is 15.9. The highest BCUT2D eigenvalue weighted by Gasteiger charge is 2.31. The van der Waals surface area contributed by atoms with Gasteiger partial charge in [0.25, 0.3) is 5.56 Å². The van der Waals surface area contributed by atoms with Gasteiger partial charge in [0.1, 0.15) is 0 Å². The quantitative estimate of drug-likeness (QED) is 0.468. The van der Waals surface area contributed by atoms with Crippen LogP contribution < -0.4 is 5.56 Å². The lowest BCUT2D eigenvalue weighted by Gasteiger charge is -2.27. The highest BCUT2D eigenvalue weighted by atomic mass is 32.2. The highest BCUT2D eigenvalue weighted by Crippen LogP contribution is 2.48. The van der Waals surface area contributed by atoms with E-state index in [0.29, 0.717) is 0 Å². The molecule has 3 aromatic carbocycles. The van der Waals surface area contributed by atoms with E-state index in [9.17, 15) is 4.79 Å². The summed E-state index contributed by atoms with van der Waals surface area (Å²) in [5.74, 6) is -0.0626. The Kier molecular flexibility index (Phi) is 3.80. The molecule has 4 aromatic rings. The summed E-state index contributed by atoms with van der Waals surface area (Å²) in [6.45, 7) is 1.99. The molecule has 27 heavy (non-hydrogen) atoms. The number of nitrogens with one attached hydrogen (secondary N) is 1. The minimum absolute atomic E-state index is 0.0141. The van der Waals surface area contributed by atoms with Gasteiger partial charge in [-0.15, -0.1) is 0 Å². The lowest BCUT2D eigenvalue weighted by Crippen LogP contribution is -2.22. The molecule has 0 aliphatic carbocycles. The second-order valence-electron chi connectivity index (χ2n) is 6.74. The molecule has 1 aromatic heterocycles. The number of benzene rings is 3. The lowest BCUT2D eigenvalue weighted by molar-refractivity contribution is 0.831. The third-order valence-electron chi connectivity index (χ3n) is 5.10. The van der Waals surface area contributed by atoms with Gasteiger partial charge in [0, 0.05) is 21.4 Å². The number of para-hydroxylation sites is 1. The first kappa shape index (κ1) is 16.2. The van der Waals surface area contributed by atoms with Crippen molar-refractivity contribution in [2.75, 3.05) is 0 Å². The van der Waals surface area contributed by atoms with Crippen molar-refractivity contribution in [2.24, 2.45) is 0 Å². The monoisotopic (exact) mass is 370 g/mol. The molecule has 1 aliphatic rings. The van der Waals surface area contributed by atoms with Crippen LogP contribution in [0.4, 0.5) is 0 Å². The van der Waals surface area contributed by atoms with Gasteiger partial charge in [0.05, 0.1) is 11.3 Å². The number of rotatable bonds is 2. The van der Waals surface area contributed by atoms with E-state index in [1.807, 2.05) is 37.3 Å². The summed E-state index contributed by atoms with van der Waals surface area (Å²) in [6.07, 6.45) is 0. The Morgan fingerprint density at radius 3 is 2.00 bits per heavy atom. The SMILES string of the molecule is Cc1[nH]n(-c2ccccc2)c(=O)c1C1c2ccccc2Sc2ccccc21. The van der Waals surface area contributed by atoms with Gasteiger partial charge in [-0.05, 0) is 42.3 Å². The summed E-state index contributed by atoms with van der Waals surface area (Å²) >= 11 is 1.78. The Bertz CT molecular complexity index is 1140. The molecule has 1 N–H and O–H groups in total. The standard InChI is InChI=1S/C23H18N2OS/c1-15-21(23(26)25(24-15)16-9-3-2-4-10-16)22-17-11-5-7-13-19(17)27-20-14-8-6-12-18(20)22/h2-14,22,24H,1H3. The van der Waals surface area contributed by atoms with Crippen LogP contribution in [0.5, 0.6) is 0 Å². The number of nitrogens with zero attached hydrogens (tertiary/aromatic N) is 1. The van der Waals surface area contributed by atoms with Crippen molar-refractivity contribution < 1.29 is 0 Å². The first-order chi connectivity index (χ1) is 13.2. The molecule has 0 radical (unpaired) electrons. The van der Waals surface area contributed by atoms with Crippen molar-refractivity contribution >= 4 is 11.8 Å². The van der Waals surface area contributed by atoms with E-state index in [2.05, 4.69) is 53.6 Å². The molecule has 0 fully saturated rings. The Hall–Kier alpha value is -2.98. The van der Waals surface area contributed by atoms with Crippen molar-refractivity contribution in [1.29, 1.82) is 0 Å². The fourth-order valence-corrected chi connectivity index (χ4v) is 5.02. The van der Waals surface area contributed by atoms with Crippen molar-refractivity contribution in [3.8, 4) is 5.69 Å². The highest BCUT2D eigenvalue weighted by molar-refractivity contribution is 7.99. The van der Waals surface area contributed by atoms with Crippen LogP contribution in [0.1, 0.15) is 28.3 Å². The average Bonchev–Trinajstić information content (AvgIpc) is 3.01. The third-order valence-corrected chi connectivity index (χ3v) is 6.28. The summed E-state index contributed by atoms with van der Waals surface area (Å²) in [5.41, 5.74) is 4.98. The van der Waals surface area contributed by atoms with Crippen LogP contribution in [0.15, 0.2) is 93.4 Å². The first-order valence-electron chi connectivity index (χ1n) is 8.96. The van der Waals surface area contributed by atoms with Gasteiger partial charge >= 0.3 is 0 Å². The van der Waals surface area contributed by atoms with Crippen molar-refractivity contribution in [3.63, 3.8) is 0 Å². The van der Waals surface area contributed by atoms with Gasteiger partial charge in [-0.2, -0.15) is 0 Å². The van der Waals surface area contributed by atoms with E-state index >= 15 is 0 Å². The lowest BCUT2D eigenvalue weighted by atomic mass is 9.85. The summed E-state index contributed by atoms with van der Waals surface area (Å²) in [7, 11) is 0. The summed E-state index contributed by atoms with van der Waals surface area (Å²) in [6, 6.07) is 26.5. The minimum atomic E-state index is -0.0626. The second-order valence-corrected chi connectivity index (χ2v) is 7.82. The molecular weight excluding hydrogens is 352 g/mol. The summed E-state index contributed by atoms with van der Waals surface area (Å²) in [5, 5.41) is 3.29. The molecule has 5 rings (SSSR count). The molecule has 0 bridgehead atoms. The van der Waals surface area contributed by atoms with Crippen LogP contribution in [-0.2, 0) is 0 Å². The van der Waals surface area contributed by atoms with Crippen LogP contribution in [0, 0.1) is 6.92 Å². The van der Waals surface area contributed by atoms with E-state index < -0.39 is 0 Å². The van der Waals surface area contributed by atoms with Crippen LogP contribution in [-0.4, -0.2) is 9.78 Å². The Balaban J connectivity index is 1.77. The Labute approximate surface area is 161 Å². The van der Waals surface area contributed by atoms with Crippen LogP contribution in [0.25, 0.3) is 5.69 Å². The van der Waals surface area contributed by atoms with Gasteiger partial charge in [0.2, 0.25) is 0 Å². The maximum atomic E-state index is 13.4. The summed E-state index contributed by atoms with van der Waals surface area (Å²) < 4.78 is 1.65. The zero-order valence-electron chi connectivity index (χ0n) is 14.8. The molecule has 0 spiro atoms. The minimum Gasteiger partial charge on any atom is -0.295 e. The van der Waals surface area contributed by atoms with Crippen molar-refractivity contribution in [2.45, 2.75) is 22.6 Å². The molecular formula is C23H18N2OS. The van der Waals surface area contributed by atoms with E-state index in [1.165, 1.54) is 20.9 Å². The Morgan fingerprint density at radius 2 is 1.37 bits per heavy atom. The van der Waals surface area contributed by atoms with E-state index in [4.69, 9.17) is 0 Å². The normalized spacial score (nSPS) is 13.2. The van der Waals surface area contributed by atoms with E-state index in [0.717, 1.165) is 16.9 Å². The maximum absolute atomic E-state index is 13.4. The average molecular weight is 370 g/mol. The molecule has 132 valence electrons. The van der Waals surface area contributed by atoms with Gasteiger partial charge in [-0.1, -0.05) is 66.4 Å². The number of H-pyrrole nitrogens is 1. The van der Waals surface area contributed by atoms with Crippen LogP contribution in [0.3, 0.4) is 0 Å². The second kappa shape index (κ2) is 6.32. The molecule has 2 heterocycles. The zero-order valence-corrected chi connectivity index (χ0v) is 15.7.